The fourth-order valence-electron chi connectivity index (χ4n) is 6.79. The maximum atomic E-state index is 12.1. The lowest BCUT2D eigenvalue weighted by Crippen LogP contribution is -2.44. The molecule has 2 aromatic carbocycles. The third-order valence-electron chi connectivity index (χ3n) is 9.18. The number of carbonyl (C=O) groups is 1. The molecule has 3 aliphatic rings. The Hall–Kier alpha value is -2.69. The second-order valence-electron chi connectivity index (χ2n) is 12.3. The van der Waals surface area contributed by atoms with Crippen LogP contribution >= 0.6 is 0 Å². The Morgan fingerprint density at radius 1 is 0.930 bits per heavy atom. The van der Waals surface area contributed by atoms with Gasteiger partial charge >= 0.3 is 0 Å². The molecular weight excluding hydrogens is 526 g/mol. The molecule has 0 aromatic heterocycles. The molecule has 0 radical (unpaired) electrons. The van der Waals surface area contributed by atoms with Crippen molar-refractivity contribution in [3.63, 3.8) is 0 Å². The summed E-state index contributed by atoms with van der Waals surface area (Å²) in [4.78, 5) is 17.5. The molecule has 2 saturated heterocycles. The van der Waals surface area contributed by atoms with Gasteiger partial charge in [-0.05, 0) is 75.1 Å². The number of nitrogens with one attached hydrogen (secondary N) is 1. The SMILES string of the molecule is C/C=C(\C=C/CC)CN1CC2CCCN(Cc3ccccc3)C2C1.CC.CC(NC(=O)C1CCCCC1)c1ccccc1. The van der Waals surface area contributed by atoms with E-state index in [4.69, 9.17) is 0 Å². The zero-order valence-electron chi connectivity index (χ0n) is 27.8. The molecule has 43 heavy (non-hydrogen) atoms. The first-order valence-electron chi connectivity index (χ1n) is 17.2. The minimum Gasteiger partial charge on any atom is -0.349 e. The number of amides is 1. The molecule has 236 valence electrons. The number of piperidine rings is 1. The quantitative estimate of drug-likeness (QED) is 0.298. The molecule has 2 aliphatic heterocycles. The van der Waals surface area contributed by atoms with Crippen LogP contribution in [0.5, 0.6) is 0 Å². The first-order chi connectivity index (χ1) is 21.1. The number of hydrogen-bond donors (Lipinski definition) is 1. The van der Waals surface area contributed by atoms with Crippen LogP contribution in [-0.2, 0) is 11.3 Å². The van der Waals surface area contributed by atoms with E-state index in [1.807, 2.05) is 32.0 Å². The number of nitrogens with zero attached hydrogens (tertiary/aromatic N) is 2. The summed E-state index contributed by atoms with van der Waals surface area (Å²) in [6, 6.07) is 22.0. The van der Waals surface area contributed by atoms with Crippen molar-refractivity contribution in [2.24, 2.45) is 11.8 Å². The maximum Gasteiger partial charge on any atom is 0.223 e. The number of benzene rings is 2. The van der Waals surface area contributed by atoms with Crippen LogP contribution in [0.4, 0.5) is 0 Å². The molecule has 1 amide bonds. The summed E-state index contributed by atoms with van der Waals surface area (Å²) in [6.45, 7) is 16.4. The Kier molecular flexibility index (Phi) is 15.8. The van der Waals surface area contributed by atoms with Gasteiger partial charge in [0.1, 0.15) is 0 Å². The van der Waals surface area contributed by atoms with E-state index in [2.05, 4.69) is 96.6 Å². The molecule has 5 rings (SSSR count). The number of fused-ring (bicyclic) bond motifs is 1. The molecule has 1 saturated carbocycles. The van der Waals surface area contributed by atoms with E-state index in [0.717, 1.165) is 44.3 Å². The predicted molar refractivity (Wildman–Crippen MR) is 184 cm³/mol. The molecular formula is C39H59N3O. The predicted octanol–water partition coefficient (Wildman–Crippen LogP) is 8.97. The van der Waals surface area contributed by atoms with Crippen molar-refractivity contribution < 1.29 is 4.79 Å². The van der Waals surface area contributed by atoms with Gasteiger partial charge in [0.25, 0.3) is 0 Å². The summed E-state index contributed by atoms with van der Waals surface area (Å²) in [5.74, 6) is 1.34. The zero-order valence-corrected chi connectivity index (χ0v) is 27.8. The number of allylic oxidation sites excluding steroid dienone is 2. The van der Waals surface area contributed by atoms with Gasteiger partial charge in [-0.25, -0.2) is 0 Å². The molecule has 3 fully saturated rings. The zero-order chi connectivity index (χ0) is 30.9. The second kappa shape index (κ2) is 19.6. The molecule has 0 bridgehead atoms. The van der Waals surface area contributed by atoms with Crippen LogP contribution in [0, 0.1) is 11.8 Å². The summed E-state index contributed by atoms with van der Waals surface area (Å²) in [5, 5.41) is 3.13. The Morgan fingerprint density at radius 2 is 1.60 bits per heavy atom. The fraction of sp³-hybridized carbons (Fsp3) is 0.564. The summed E-state index contributed by atoms with van der Waals surface area (Å²) in [5.41, 5.74) is 4.10. The lowest BCUT2D eigenvalue weighted by atomic mass is 9.88. The van der Waals surface area contributed by atoms with Gasteiger partial charge in [-0.1, -0.05) is 119 Å². The molecule has 1 aliphatic carbocycles. The third kappa shape index (κ3) is 11.4. The topological polar surface area (TPSA) is 35.6 Å². The van der Waals surface area contributed by atoms with E-state index in [9.17, 15) is 4.79 Å². The first-order valence-corrected chi connectivity index (χ1v) is 17.2. The average Bonchev–Trinajstić information content (AvgIpc) is 3.49. The molecule has 2 heterocycles. The minimum atomic E-state index is 0.116. The highest BCUT2D eigenvalue weighted by Gasteiger charge is 2.38. The van der Waals surface area contributed by atoms with Gasteiger partial charge in [-0.2, -0.15) is 0 Å². The van der Waals surface area contributed by atoms with Crippen molar-refractivity contribution in [3.05, 3.63) is 95.6 Å². The first kappa shape index (κ1) is 34.8. The summed E-state index contributed by atoms with van der Waals surface area (Å²) in [6.07, 6.45) is 16.6. The van der Waals surface area contributed by atoms with Gasteiger partial charge in [0.2, 0.25) is 5.91 Å². The highest BCUT2D eigenvalue weighted by molar-refractivity contribution is 5.79. The van der Waals surface area contributed by atoms with Gasteiger partial charge in [-0.3, -0.25) is 14.6 Å². The lowest BCUT2D eigenvalue weighted by Gasteiger charge is -2.37. The average molecular weight is 586 g/mol. The highest BCUT2D eigenvalue weighted by Crippen LogP contribution is 2.32. The molecule has 3 unspecified atom stereocenters. The van der Waals surface area contributed by atoms with E-state index in [1.54, 1.807) is 0 Å². The van der Waals surface area contributed by atoms with Gasteiger partial charge in [-0.15, -0.1) is 0 Å². The Morgan fingerprint density at radius 3 is 2.26 bits per heavy atom. The van der Waals surface area contributed by atoms with E-state index < -0.39 is 0 Å². The van der Waals surface area contributed by atoms with Crippen LogP contribution in [0.3, 0.4) is 0 Å². The summed E-state index contributed by atoms with van der Waals surface area (Å²) >= 11 is 0. The molecule has 4 nitrogen and oxygen atoms in total. The minimum absolute atomic E-state index is 0.116. The Labute approximate surface area is 263 Å². The number of carbonyl (C=O) groups excluding carboxylic acids is 1. The molecule has 0 spiro atoms. The van der Waals surface area contributed by atoms with Crippen LogP contribution < -0.4 is 5.32 Å². The fourth-order valence-corrected chi connectivity index (χ4v) is 6.79. The van der Waals surface area contributed by atoms with E-state index >= 15 is 0 Å². The van der Waals surface area contributed by atoms with Gasteiger partial charge in [0.15, 0.2) is 0 Å². The number of rotatable bonds is 9. The van der Waals surface area contributed by atoms with Gasteiger partial charge in [0, 0.05) is 38.1 Å². The third-order valence-corrected chi connectivity index (χ3v) is 9.18. The summed E-state index contributed by atoms with van der Waals surface area (Å²) in [7, 11) is 0. The van der Waals surface area contributed by atoms with Crippen LogP contribution in [0.1, 0.15) is 103 Å². The van der Waals surface area contributed by atoms with Crippen molar-refractivity contribution >= 4 is 5.91 Å². The van der Waals surface area contributed by atoms with Gasteiger partial charge < -0.3 is 5.32 Å². The van der Waals surface area contributed by atoms with Crippen molar-refractivity contribution in [2.75, 3.05) is 26.2 Å². The van der Waals surface area contributed by atoms with Crippen LogP contribution in [0.25, 0.3) is 0 Å². The Balaban J connectivity index is 0.000000235. The van der Waals surface area contributed by atoms with Crippen molar-refractivity contribution in [2.45, 2.75) is 105 Å². The largest absolute Gasteiger partial charge is 0.349 e. The van der Waals surface area contributed by atoms with Crippen molar-refractivity contribution in [1.29, 1.82) is 0 Å². The van der Waals surface area contributed by atoms with Gasteiger partial charge in [0.05, 0.1) is 6.04 Å². The Bertz CT molecular complexity index is 1090. The molecule has 3 atom stereocenters. The van der Waals surface area contributed by atoms with E-state index in [1.165, 1.54) is 68.4 Å². The van der Waals surface area contributed by atoms with Crippen molar-refractivity contribution in [1.82, 2.24) is 15.1 Å². The highest BCUT2D eigenvalue weighted by atomic mass is 16.1. The van der Waals surface area contributed by atoms with E-state index in [0.29, 0.717) is 0 Å². The lowest BCUT2D eigenvalue weighted by molar-refractivity contribution is -0.126. The smallest absolute Gasteiger partial charge is 0.223 e. The normalized spacial score (nSPS) is 22.1. The number of likely N-dealkylation sites (tertiary alicyclic amines) is 2. The summed E-state index contributed by atoms with van der Waals surface area (Å²) < 4.78 is 0. The van der Waals surface area contributed by atoms with Crippen LogP contribution in [-0.4, -0.2) is 47.9 Å². The van der Waals surface area contributed by atoms with Crippen molar-refractivity contribution in [3.8, 4) is 0 Å². The van der Waals surface area contributed by atoms with Crippen LogP contribution in [0.2, 0.25) is 0 Å². The monoisotopic (exact) mass is 585 g/mol. The number of hydrogen-bond acceptors (Lipinski definition) is 3. The van der Waals surface area contributed by atoms with E-state index in [-0.39, 0.29) is 17.9 Å². The molecule has 1 N–H and O–H groups in total. The standard InChI is InChI=1S/C22H32N2.C15H21NO.C2H6/c1-3-5-10-19(4-2)15-23-17-21-13-9-14-24(22(21)18-23)16-20-11-7-6-8-12-20;1-12(13-8-4-2-5-9-13)16-15(17)14-10-6-3-7-11-14;1-2/h4-8,10-12,21-22H,3,9,13-18H2,1-2H3;2,4-5,8-9,12,14H,3,6-7,10-11H2,1H3,(H,16,17);1-2H3/b10-5-,19-4+;;. The maximum absolute atomic E-state index is 12.1. The van der Waals surface area contributed by atoms with Crippen LogP contribution in [0.15, 0.2) is 84.5 Å². The second-order valence-corrected chi connectivity index (χ2v) is 12.3. The molecule has 2 aromatic rings. The molecule has 4 heteroatoms.